The molecule has 0 radical (unpaired) electrons. The van der Waals surface area contributed by atoms with Gasteiger partial charge in [0.25, 0.3) is 0 Å². The zero-order valence-electron chi connectivity index (χ0n) is 11.5. The molecular formula is C17H18BrNO. The molecule has 2 aromatic rings. The fraction of sp³-hybridized carbons (Fsp3) is 0.294. The van der Waals surface area contributed by atoms with E-state index in [1.54, 1.807) is 0 Å². The van der Waals surface area contributed by atoms with Crippen LogP contribution in [0.25, 0.3) is 0 Å². The number of hydrogen-bond acceptors (Lipinski definition) is 2. The van der Waals surface area contributed by atoms with E-state index in [9.17, 15) is 0 Å². The number of rotatable bonds is 4. The third kappa shape index (κ3) is 2.68. The van der Waals surface area contributed by atoms with E-state index in [1.165, 1.54) is 16.8 Å². The lowest BCUT2D eigenvalue weighted by molar-refractivity contribution is 0.334. The normalized spacial score (nSPS) is 16.6. The van der Waals surface area contributed by atoms with Gasteiger partial charge in [0, 0.05) is 28.2 Å². The third-order valence-corrected chi connectivity index (χ3v) is 4.28. The topological polar surface area (TPSA) is 21.3 Å². The Bertz CT molecular complexity index is 612. The van der Waals surface area contributed by atoms with E-state index in [0.29, 0.717) is 5.92 Å². The van der Waals surface area contributed by atoms with Crippen molar-refractivity contribution in [2.45, 2.75) is 19.3 Å². The van der Waals surface area contributed by atoms with Crippen molar-refractivity contribution in [3.8, 4) is 5.75 Å². The van der Waals surface area contributed by atoms with E-state index in [1.807, 2.05) is 12.1 Å². The first-order chi connectivity index (χ1) is 9.78. The maximum Gasteiger partial charge on any atom is 0.122 e. The number of fused-ring (bicyclic) bond motifs is 1. The molecule has 0 amide bonds. The van der Waals surface area contributed by atoms with Gasteiger partial charge in [-0.15, -0.1) is 0 Å². The van der Waals surface area contributed by atoms with Crippen LogP contribution >= 0.6 is 15.9 Å². The van der Waals surface area contributed by atoms with Crippen LogP contribution < -0.4 is 10.1 Å². The molecule has 1 heterocycles. The summed E-state index contributed by atoms with van der Waals surface area (Å²) in [5.41, 5.74) is 3.88. The van der Waals surface area contributed by atoms with Crippen LogP contribution in [0.5, 0.6) is 5.75 Å². The van der Waals surface area contributed by atoms with Crippen molar-refractivity contribution in [2.24, 2.45) is 0 Å². The van der Waals surface area contributed by atoms with Crippen molar-refractivity contribution in [1.29, 1.82) is 0 Å². The first-order valence-corrected chi connectivity index (χ1v) is 7.81. The summed E-state index contributed by atoms with van der Waals surface area (Å²) in [5.74, 6) is 1.46. The second-order valence-corrected chi connectivity index (χ2v) is 6.00. The number of nitrogens with one attached hydrogen (secondary N) is 1. The van der Waals surface area contributed by atoms with Crippen molar-refractivity contribution < 1.29 is 4.74 Å². The SMILES string of the molecule is CCc1cc(Br)ccc1NCC1COc2ccccc21. The number of anilines is 1. The van der Waals surface area contributed by atoms with E-state index in [4.69, 9.17) is 4.74 Å². The summed E-state index contributed by atoms with van der Waals surface area (Å²) < 4.78 is 6.86. The second-order valence-electron chi connectivity index (χ2n) is 5.08. The Morgan fingerprint density at radius 3 is 2.95 bits per heavy atom. The predicted octanol–water partition coefficient (Wildman–Crippen LogP) is 4.60. The minimum Gasteiger partial charge on any atom is -0.493 e. The average molecular weight is 332 g/mol. The molecule has 0 fully saturated rings. The highest BCUT2D eigenvalue weighted by atomic mass is 79.9. The van der Waals surface area contributed by atoms with Crippen molar-refractivity contribution >= 4 is 21.6 Å². The van der Waals surface area contributed by atoms with Gasteiger partial charge in [-0.05, 0) is 36.2 Å². The Labute approximate surface area is 128 Å². The molecule has 0 saturated carbocycles. The van der Waals surface area contributed by atoms with Crippen LogP contribution in [0, 0.1) is 0 Å². The maximum atomic E-state index is 5.73. The van der Waals surface area contributed by atoms with Crippen molar-refractivity contribution in [1.82, 2.24) is 0 Å². The number of para-hydroxylation sites is 1. The highest BCUT2D eigenvalue weighted by Crippen LogP contribution is 2.33. The molecule has 1 N–H and O–H groups in total. The number of hydrogen-bond donors (Lipinski definition) is 1. The Balaban J connectivity index is 1.72. The monoisotopic (exact) mass is 331 g/mol. The quantitative estimate of drug-likeness (QED) is 0.883. The van der Waals surface area contributed by atoms with E-state index in [-0.39, 0.29) is 0 Å². The number of aryl methyl sites for hydroxylation is 1. The van der Waals surface area contributed by atoms with E-state index in [2.05, 4.69) is 58.5 Å². The van der Waals surface area contributed by atoms with Crippen LogP contribution in [0.3, 0.4) is 0 Å². The number of ether oxygens (including phenoxy) is 1. The summed E-state index contributed by atoms with van der Waals surface area (Å²) in [6, 6.07) is 14.7. The van der Waals surface area contributed by atoms with Gasteiger partial charge in [0.1, 0.15) is 5.75 Å². The van der Waals surface area contributed by atoms with Crippen LogP contribution in [0.4, 0.5) is 5.69 Å². The lowest BCUT2D eigenvalue weighted by Gasteiger charge is -2.15. The second kappa shape index (κ2) is 5.88. The molecule has 0 aromatic heterocycles. The van der Waals surface area contributed by atoms with Gasteiger partial charge in [0.15, 0.2) is 0 Å². The molecule has 0 saturated heterocycles. The Morgan fingerprint density at radius 1 is 1.25 bits per heavy atom. The molecule has 0 spiro atoms. The van der Waals surface area contributed by atoms with Gasteiger partial charge in [-0.3, -0.25) is 0 Å². The summed E-state index contributed by atoms with van der Waals surface area (Å²) >= 11 is 3.53. The molecule has 0 bridgehead atoms. The highest BCUT2D eigenvalue weighted by molar-refractivity contribution is 9.10. The fourth-order valence-electron chi connectivity index (χ4n) is 2.66. The molecule has 1 atom stereocenters. The van der Waals surface area contributed by atoms with Gasteiger partial charge in [0.2, 0.25) is 0 Å². The van der Waals surface area contributed by atoms with Crippen LogP contribution in [0.15, 0.2) is 46.9 Å². The van der Waals surface area contributed by atoms with Crippen LogP contribution in [0.2, 0.25) is 0 Å². The smallest absolute Gasteiger partial charge is 0.122 e. The molecule has 1 aliphatic heterocycles. The number of benzene rings is 2. The minimum atomic E-state index is 0.430. The Kier molecular flexibility index (Phi) is 3.97. The van der Waals surface area contributed by atoms with Gasteiger partial charge in [-0.2, -0.15) is 0 Å². The molecule has 2 nitrogen and oxygen atoms in total. The van der Waals surface area contributed by atoms with Crippen LogP contribution in [0.1, 0.15) is 24.0 Å². The predicted molar refractivity (Wildman–Crippen MR) is 86.7 cm³/mol. The van der Waals surface area contributed by atoms with Gasteiger partial charge >= 0.3 is 0 Å². The molecule has 3 rings (SSSR count). The van der Waals surface area contributed by atoms with Gasteiger partial charge < -0.3 is 10.1 Å². The first-order valence-electron chi connectivity index (χ1n) is 7.02. The zero-order valence-corrected chi connectivity index (χ0v) is 13.1. The molecule has 3 heteroatoms. The lowest BCUT2D eigenvalue weighted by Crippen LogP contribution is -2.14. The average Bonchev–Trinajstić information content (AvgIpc) is 2.89. The largest absolute Gasteiger partial charge is 0.493 e. The summed E-state index contributed by atoms with van der Waals surface area (Å²) in [6.45, 7) is 3.86. The Hall–Kier alpha value is -1.48. The van der Waals surface area contributed by atoms with Crippen molar-refractivity contribution in [3.05, 3.63) is 58.1 Å². The molecule has 104 valence electrons. The van der Waals surface area contributed by atoms with Crippen molar-refractivity contribution in [2.75, 3.05) is 18.5 Å². The third-order valence-electron chi connectivity index (χ3n) is 3.79. The molecule has 2 aromatic carbocycles. The Morgan fingerprint density at radius 2 is 2.10 bits per heavy atom. The van der Waals surface area contributed by atoms with E-state index in [0.717, 1.165) is 29.8 Å². The molecule has 0 aliphatic carbocycles. The van der Waals surface area contributed by atoms with Crippen molar-refractivity contribution in [3.63, 3.8) is 0 Å². The summed E-state index contributed by atoms with van der Waals surface area (Å²) in [7, 11) is 0. The molecule has 20 heavy (non-hydrogen) atoms. The maximum absolute atomic E-state index is 5.73. The van der Waals surface area contributed by atoms with E-state index < -0.39 is 0 Å². The van der Waals surface area contributed by atoms with Crippen LogP contribution in [-0.2, 0) is 6.42 Å². The van der Waals surface area contributed by atoms with Gasteiger partial charge in [-0.1, -0.05) is 41.1 Å². The van der Waals surface area contributed by atoms with Gasteiger partial charge in [0.05, 0.1) is 6.61 Å². The molecule has 1 unspecified atom stereocenters. The molecular weight excluding hydrogens is 314 g/mol. The zero-order chi connectivity index (χ0) is 13.9. The molecule has 1 aliphatic rings. The van der Waals surface area contributed by atoms with E-state index >= 15 is 0 Å². The fourth-order valence-corrected chi connectivity index (χ4v) is 3.07. The first kappa shape index (κ1) is 13.5. The summed E-state index contributed by atoms with van der Waals surface area (Å²) in [5, 5.41) is 3.57. The lowest BCUT2D eigenvalue weighted by atomic mass is 10.0. The standard InChI is InChI=1S/C17H18BrNO/c1-2-12-9-14(18)7-8-16(12)19-10-13-11-20-17-6-4-3-5-15(13)17/h3-9,13,19H,2,10-11H2,1H3. The highest BCUT2D eigenvalue weighted by Gasteiger charge is 2.23. The minimum absolute atomic E-state index is 0.430. The van der Waals surface area contributed by atoms with Gasteiger partial charge in [-0.25, -0.2) is 0 Å². The summed E-state index contributed by atoms with van der Waals surface area (Å²) in [4.78, 5) is 0. The van der Waals surface area contributed by atoms with Crippen LogP contribution in [-0.4, -0.2) is 13.2 Å². The number of halogens is 1. The summed E-state index contributed by atoms with van der Waals surface area (Å²) in [6.07, 6.45) is 1.03.